The Hall–Kier alpha value is -1.35. The van der Waals surface area contributed by atoms with Crippen molar-refractivity contribution < 1.29 is 22.7 Å². The maximum Gasteiger partial charge on any atom is 0.245 e. The van der Waals surface area contributed by atoms with E-state index in [0.717, 1.165) is 12.8 Å². The third-order valence-electron chi connectivity index (χ3n) is 3.67. The number of amides is 1. The lowest BCUT2D eigenvalue weighted by Crippen LogP contribution is -2.46. The van der Waals surface area contributed by atoms with Crippen molar-refractivity contribution in [3.05, 3.63) is 23.2 Å². The molecule has 24 heavy (non-hydrogen) atoms. The highest BCUT2D eigenvalue weighted by molar-refractivity contribution is 7.89. The molecule has 2 rings (SSSR count). The number of carbonyl (C=O) groups is 1. The molecular weight excluding hydrogens is 356 g/mol. The molecule has 2 N–H and O–H groups in total. The topological polar surface area (TPSA) is 93.7 Å². The molecule has 1 aromatic rings. The molecule has 134 valence electrons. The Labute approximate surface area is 146 Å². The molecule has 2 atom stereocenters. The van der Waals surface area contributed by atoms with Crippen LogP contribution >= 0.6 is 11.6 Å². The minimum Gasteiger partial charge on any atom is -0.495 e. The first-order chi connectivity index (χ1) is 11.3. The van der Waals surface area contributed by atoms with Crippen molar-refractivity contribution in [1.29, 1.82) is 0 Å². The molecule has 9 heteroatoms. The van der Waals surface area contributed by atoms with Crippen LogP contribution in [0.3, 0.4) is 0 Å². The number of sulfonamides is 1. The van der Waals surface area contributed by atoms with Crippen LogP contribution in [0.15, 0.2) is 23.1 Å². The van der Waals surface area contributed by atoms with E-state index in [1.54, 1.807) is 0 Å². The molecule has 1 saturated heterocycles. The van der Waals surface area contributed by atoms with Crippen LogP contribution in [0.5, 0.6) is 5.75 Å². The van der Waals surface area contributed by atoms with Crippen molar-refractivity contribution >= 4 is 27.5 Å². The number of benzene rings is 1. The third-order valence-corrected chi connectivity index (χ3v) is 5.47. The number of rotatable bonds is 7. The summed E-state index contributed by atoms with van der Waals surface area (Å²) in [6.45, 7) is 2.53. The van der Waals surface area contributed by atoms with E-state index in [9.17, 15) is 13.2 Å². The quantitative estimate of drug-likeness (QED) is 0.748. The summed E-state index contributed by atoms with van der Waals surface area (Å²) < 4.78 is 37.8. The van der Waals surface area contributed by atoms with Gasteiger partial charge in [-0.2, -0.15) is 4.72 Å². The number of hydrogen-bond acceptors (Lipinski definition) is 5. The molecule has 1 aliphatic heterocycles. The van der Waals surface area contributed by atoms with Gasteiger partial charge in [0, 0.05) is 18.2 Å². The van der Waals surface area contributed by atoms with Crippen LogP contribution in [0.1, 0.15) is 19.8 Å². The van der Waals surface area contributed by atoms with Crippen LogP contribution in [0.25, 0.3) is 0 Å². The normalized spacial score (nSPS) is 19.0. The summed E-state index contributed by atoms with van der Waals surface area (Å²) in [5, 5.41) is 2.95. The minimum absolute atomic E-state index is 0.00854. The fourth-order valence-corrected chi connectivity index (χ4v) is 4.02. The van der Waals surface area contributed by atoms with Crippen molar-refractivity contribution in [2.45, 2.75) is 36.8 Å². The van der Waals surface area contributed by atoms with Crippen LogP contribution in [0.2, 0.25) is 5.02 Å². The Morgan fingerprint density at radius 3 is 2.88 bits per heavy atom. The monoisotopic (exact) mass is 376 g/mol. The second-order valence-electron chi connectivity index (χ2n) is 5.52. The number of nitrogens with one attached hydrogen (secondary N) is 2. The lowest BCUT2D eigenvalue weighted by atomic mass is 10.2. The molecule has 1 fully saturated rings. The number of carbonyl (C=O) groups excluding carboxylic acids is 1. The second-order valence-corrected chi connectivity index (χ2v) is 7.64. The SMILES string of the molecule is COc1ccc(Cl)cc1S(=O)(=O)N[C@@H](C)C(=O)NC[C@H]1CCCO1. The highest BCUT2D eigenvalue weighted by Gasteiger charge is 2.26. The van der Waals surface area contributed by atoms with Crippen molar-refractivity contribution in [2.75, 3.05) is 20.3 Å². The van der Waals surface area contributed by atoms with Gasteiger partial charge in [0.25, 0.3) is 0 Å². The Kier molecular flexibility index (Phi) is 6.45. The first-order valence-corrected chi connectivity index (χ1v) is 9.45. The summed E-state index contributed by atoms with van der Waals surface area (Å²) in [5.41, 5.74) is 0. The van der Waals surface area contributed by atoms with Crippen molar-refractivity contribution in [2.24, 2.45) is 0 Å². The third kappa shape index (κ3) is 4.83. The molecule has 0 aromatic heterocycles. The number of methoxy groups -OCH3 is 1. The van der Waals surface area contributed by atoms with E-state index in [1.807, 2.05) is 0 Å². The van der Waals surface area contributed by atoms with Crippen LogP contribution < -0.4 is 14.8 Å². The van der Waals surface area contributed by atoms with E-state index in [1.165, 1.54) is 32.2 Å². The zero-order valence-corrected chi connectivity index (χ0v) is 15.1. The van der Waals surface area contributed by atoms with E-state index in [2.05, 4.69) is 10.0 Å². The summed E-state index contributed by atoms with van der Waals surface area (Å²) in [4.78, 5) is 12.0. The molecule has 1 amide bonds. The van der Waals surface area contributed by atoms with E-state index < -0.39 is 22.0 Å². The molecular formula is C15H21ClN2O5S. The van der Waals surface area contributed by atoms with Crippen molar-refractivity contribution in [3.63, 3.8) is 0 Å². The number of halogens is 1. The zero-order chi connectivity index (χ0) is 17.7. The van der Waals surface area contributed by atoms with Gasteiger partial charge in [-0.15, -0.1) is 0 Å². The van der Waals surface area contributed by atoms with Gasteiger partial charge in [-0.05, 0) is 38.0 Å². The fourth-order valence-electron chi connectivity index (χ4n) is 2.38. The van der Waals surface area contributed by atoms with Crippen LogP contribution in [-0.2, 0) is 19.6 Å². The Morgan fingerprint density at radius 2 is 2.25 bits per heavy atom. The molecule has 0 unspecified atom stereocenters. The molecule has 0 saturated carbocycles. The van der Waals surface area contributed by atoms with E-state index in [0.29, 0.717) is 13.2 Å². The van der Waals surface area contributed by atoms with Gasteiger partial charge in [0.15, 0.2) is 0 Å². The van der Waals surface area contributed by atoms with Gasteiger partial charge >= 0.3 is 0 Å². The summed E-state index contributed by atoms with van der Waals surface area (Å²) in [7, 11) is -2.60. The second kappa shape index (κ2) is 8.15. The molecule has 0 bridgehead atoms. The smallest absolute Gasteiger partial charge is 0.245 e. The largest absolute Gasteiger partial charge is 0.495 e. The summed E-state index contributed by atoms with van der Waals surface area (Å²) in [5.74, 6) is -0.270. The van der Waals surface area contributed by atoms with Crippen LogP contribution in [-0.4, -0.2) is 46.7 Å². The van der Waals surface area contributed by atoms with Crippen molar-refractivity contribution in [1.82, 2.24) is 10.0 Å². The van der Waals surface area contributed by atoms with Crippen LogP contribution in [0, 0.1) is 0 Å². The Bertz CT molecular complexity index is 689. The minimum atomic E-state index is -3.96. The first-order valence-electron chi connectivity index (χ1n) is 7.58. The highest BCUT2D eigenvalue weighted by atomic mass is 35.5. The van der Waals surface area contributed by atoms with Crippen molar-refractivity contribution in [3.8, 4) is 5.75 Å². The average molecular weight is 377 g/mol. The summed E-state index contributed by atoms with van der Waals surface area (Å²) >= 11 is 5.86. The van der Waals surface area contributed by atoms with Gasteiger partial charge in [0.05, 0.1) is 19.3 Å². The molecule has 1 aromatic carbocycles. The molecule has 7 nitrogen and oxygen atoms in total. The first kappa shape index (κ1) is 19.0. The lowest BCUT2D eigenvalue weighted by molar-refractivity contribution is -0.122. The Morgan fingerprint density at radius 1 is 1.50 bits per heavy atom. The van der Waals surface area contributed by atoms with Gasteiger partial charge < -0.3 is 14.8 Å². The van der Waals surface area contributed by atoms with Gasteiger partial charge in [-0.25, -0.2) is 8.42 Å². The van der Waals surface area contributed by atoms with E-state index in [4.69, 9.17) is 21.1 Å². The molecule has 1 aliphatic rings. The van der Waals surface area contributed by atoms with Gasteiger partial charge in [-0.1, -0.05) is 11.6 Å². The number of ether oxygens (including phenoxy) is 2. The highest BCUT2D eigenvalue weighted by Crippen LogP contribution is 2.27. The fraction of sp³-hybridized carbons (Fsp3) is 0.533. The Balaban J connectivity index is 2.02. The number of hydrogen-bond donors (Lipinski definition) is 2. The zero-order valence-electron chi connectivity index (χ0n) is 13.5. The van der Waals surface area contributed by atoms with Crippen LogP contribution in [0.4, 0.5) is 0 Å². The van der Waals surface area contributed by atoms with E-state index >= 15 is 0 Å². The van der Waals surface area contributed by atoms with Gasteiger partial charge in [0.2, 0.25) is 15.9 Å². The molecule has 0 aliphatic carbocycles. The molecule has 0 radical (unpaired) electrons. The molecule has 0 spiro atoms. The van der Waals surface area contributed by atoms with E-state index in [-0.39, 0.29) is 21.8 Å². The predicted molar refractivity (Wildman–Crippen MR) is 89.8 cm³/mol. The summed E-state index contributed by atoms with van der Waals surface area (Å²) in [6.07, 6.45) is 1.85. The maximum atomic E-state index is 12.5. The van der Waals surface area contributed by atoms with Gasteiger partial charge in [0.1, 0.15) is 10.6 Å². The van der Waals surface area contributed by atoms with Gasteiger partial charge in [-0.3, -0.25) is 4.79 Å². The standard InChI is InChI=1S/C15H21ClN2O5S/c1-10(15(19)17-9-12-4-3-7-23-12)18-24(20,21)14-8-11(16)5-6-13(14)22-2/h5-6,8,10,12,18H,3-4,7,9H2,1-2H3,(H,17,19)/t10-,12+/m0/s1. The maximum absolute atomic E-state index is 12.5. The summed E-state index contributed by atoms with van der Waals surface area (Å²) in [6, 6.07) is 3.32. The average Bonchev–Trinajstić information content (AvgIpc) is 3.05. The lowest BCUT2D eigenvalue weighted by Gasteiger charge is -2.17. The molecule has 1 heterocycles. The predicted octanol–water partition coefficient (Wildman–Crippen LogP) is 1.31.